The van der Waals surface area contributed by atoms with Crippen molar-refractivity contribution in [2.24, 2.45) is 7.05 Å². The second-order valence-corrected chi connectivity index (χ2v) is 4.97. The number of hydrogen-bond acceptors (Lipinski definition) is 2. The molecular weight excluding hydrogens is 210 g/mol. The van der Waals surface area contributed by atoms with Gasteiger partial charge in [0, 0.05) is 36.8 Å². The second kappa shape index (κ2) is 4.99. The van der Waals surface area contributed by atoms with Crippen LogP contribution in [0.25, 0.3) is 0 Å². The van der Waals surface area contributed by atoms with E-state index >= 15 is 0 Å². The maximum Gasteiger partial charge on any atom is 0.0534 e. The molecule has 0 spiro atoms. The number of alkyl halides is 1. The van der Waals surface area contributed by atoms with E-state index in [1.54, 1.807) is 0 Å². The summed E-state index contributed by atoms with van der Waals surface area (Å²) < 4.78 is 1.84. The first kappa shape index (κ1) is 11.0. The van der Waals surface area contributed by atoms with Crippen LogP contribution in [0.4, 0.5) is 0 Å². The van der Waals surface area contributed by atoms with Gasteiger partial charge in [0.25, 0.3) is 0 Å². The minimum absolute atomic E-state index is 0.404. The van der Waals surface area contributed by atoms with E-state index in [0.29, 0.717) is 11.4 Å². The first-order chi connectivity index (χ1) is 7.24. The maximum absolute atomic E-state index is 6.06. The van der Waals surface area contributed by atoms with Crippen molar-refractivity contribution in [3.05, 3.63) is 18.0 Å². The third-order valence-electron chi connectivity index (χ3n) is 3.01. The molecule has 15 heavy (non-hydrogen) atoms. The summed E-state index contributed by atoms with van der Waals surface area (Å²) in [6.07, 6.45) is 8.67. The molecule has 0 bridgehead atoms. The molecule has 4 heteroatoms. The molecule has 1 saturated carbocycles. The summed E-state index contributed by atoms with van der Waals surface area (Å²) in [4.78, 5) is 0. The molecule has 0 atom stereocenters. The van der Waals surface area contributed by atoms with Gasteiger partial charge in [0.05, 0.1) is 6.20 Å². The molecule has 1 aromatic rings. The van der Waals surface area contributed by atoms with Gasteiger partial charge in [-0.25, -0.2) is 0 Å². The topological polar surface area (TPSA) is 29.9 Å². The Bertz CT molecular complexity index is 303. The molecule has 0 aromatic carbocycles. The van der Waals surface area contributed by atoms with Crippen molar-refractivity contribution in [1.29, 1.82) is 0 Å². The summed E-state index contributed by atoms with van der Waals surface area (Å²) in [6.45, 7) is 0.922. The molecule has 1 aromatic heterocycles. The van der Waals surface area contributed by atoms with E-state index in [0.717, 1.165) is 19.4 Å². The minimum Gasteiger partial charge on any atom is -0.310 e. The van der Waals surface area contributed by atoms with E-state index < -0.39 is 0 Å². The van der Waals surface area contributed by atoms with Gasteiger partial charge in [0.1, 0.15) is 0 Å². The lowest BCUT2D eigenvalue weighted by atomic mass is 9.95. The van der Waals surface area contributed by atoms with Crippen LogP contribution in [-0.2, 0) is 13.6 Å². The number of nitrogens with one attached hydrogen (secondary N) is 1. The van der Waals surface area contributed by atoms with Crippen molar-refractivity contribution < 1.29 is 0 Å². The van der Waals surface area contributed by atoms with Gasteiger partial charge < -0.3 is 5.32 Å². The predicted octanol–water partition coefficient (Wildman–Crippen LogP) is 2.06. The van der Waals surface area contributed by atoms with Crippen molar-refractivity contribution in [3.8, 4) is 0 Å². The quantitative estimate of drug-likeness (QED) is 0.802. The monoisotopic (exact) mass is 227 g/mol. The lowest BCUT2D eigenvalue weighted by Crippen LogP contribution is -2.32. The Morgan fingerprint density at radius 3 is 2.80 bits per heavy atom. The highest BCUT2D eigenvalue weighted by molar-refractivity contribution is 6.20. The van der Waals surface area contributed by atoms with Gasteiger partial charge in [-0.1, -0.05) is 0 Å². The average molecular weight is 228 g/mol. The van der Waals surface area contributed by atoms with Crippen molar-refractivity contribution in [1.82, 2.24) is 15.1 Å². The normalized spacial score (nSPS) is 26.8. The zero-order valence-corrected chi connectivity index (χ0v) is 9.87. The van der Waals surface area contributed by atoms with Gasteiger partial charge in [0.2, 0.25) is 0 Å². The maximum atomic E-state index is 6.06. The molecule has 1 fully saturated rings. The Hall–Kier alpha value is -0.540. The standard InChI is InChI=1S/C11H18ClN3/c1-15-8-9(7-14-15)6-13-11-4-2-10(12)3-5-11/h7-8,10-11,13H,2-6H2,1H3. The number of aromatic nitrogens is 2. The van der Waals surface area contributed by atoms with Crippen LogP contribution < -0.4 is 5.32 Å². The zero-order valence-electron chi connectivity index (χ0n) is 9.12. The highest BCUT2D eigenvalue weighted by Crippen LogP contribution is 2.22. The van der Waals surface area contributed by atoms with Gasteiger partial charge in [-0.15, -0.1) is 11.6 Å². The van der Waals surface area contributed by atoms with Crippen LogP contribution in [0, 0.1) is 0 Å². The fourth-order valence-electron chi connectivity index (χ4n) is 2.08. The Balaban J connectivity index is 1.74. The third-order valence-corrected chi connectivity index (χ3v) is 3.45. The molecule has 3 nitrogen and oxygen atoms in total. The molecule has 0 unspecified atom stereocenters. The minimum atomic E-state index is 0.404. The Morgan fingerprint density at radius 2 is 2.20 bits per heavy atom. The van der Waals surface area contributed by atoms with E-state index in [1.807, 2.05) is 17.9 Å². The summed E-state index contributed by atoms with van der Waals surface area (Å²) >= 11 is 6.06. The molecule has 1 heterocycles. The molecular formula is C11H18ClN3. The summed E-state index contributed by atoms with van der Waals surface area (Å²) in [5.41, 5.74) is 1.26. The highest BCUT2D eigenvalue weighted by atomic mass is 35.5. The largest absolute Gasteiger partial charge is 0.310 e. The van der Waals surface area contributed by atoms with Crippen LogP contribution in [0.5, 0.6) is 0 Å². The Kier molecular flexibility index (Phi) is 3.65. The lowest BCUT2D eigenvalue weighted by Gasteiger charge is -2.25. The Morgan fingerprint density at radius 1 is 1.47 bits per heavy atom. The van der Waals surface area contributed by atoms with Crippen LogP contribution in [-0.4, -0.2) is 21.2 Å². The lowest BCUT2D eigenvalue weighted by molar-refractivity contribution is 0.376. The molecule has 0 aliphatic heterocycles. The summed E-state index contributed by atoms with van der Waals surface area (Å²) in [6, 6.07) is 0.639. The second-order valence-electron chi connectivity index (χ2n) is 4.35. The molecule has 0 radical (unpaired) electrons. The molecule has 1 N–H and O–H groups in total. The predicted molar refractivity (Wildman–Crippen MR) is 61.9 cm³/mol. The number of nitrogens with zero attached hydrogens (tertiary/aromatic N) is 2. The molecule has 0 amide bonds. The SMILES string of the molecule is Cn1cc(CNC2CCC(Cl)CC2)cn1. The number of hydrogen-bond donors (Lipinski definition) is 1. The molecule has 84 valence electrons. The van der Waals surface area contributed by atoms with Crippen molar-refractivity contribution in [3.63, 3.8) is 0 Å². The molecule has 2 rings (SSSR count). The first-order valence-corrected chi connectivity index (χ1v) is 6.02. The van der Waals surface area contributed by atoms with Gasteiger partial charge in [0.15, 0.2) is 0 Å². The van der Waals surface area contributed by atoms with E-state index in [2.05, 4.69) is 16.6 Å². The van der Waals surface area contributed by atoms with Crippen LogP contribution in [0.2, 0.25) is 0 Å². The van der Waals surface area contributed by atoms with Crippen LogP contribution in [0.1, 0.15) is 31.2 Å². The van der Waals surface area contributed by atoms with Gasteiger partial charge in [-0.3, -0.25) is 4.68 Å². The summed E-state index contributed by atoms with van der Waals surface area (Å²) in [5, 5.41) is 8.11. The van der Waals surface area contributed by atoms with Crippen LogP contribution in [0.3, 0.4) is 0 Å². The highest BCUT2D eigenvalue weighted by Gasteiger charge is 2.18. The zero-order chi connectivity index (χ0) is 10.7. The number of halogens is 1. The van der Waals surface area contributed by atoms with Crippen molar-refractivity contribution >= 4 is 11.6 Å². The van der Waals surface area contributed by atoms with E-state index in [1.165, 1.54) is 18.4 Å². The fraction of sp³-hybridized carbons (Fsp3) is 0.727. The van der Waals surface area contributed by atoms with Crippen LogP contribution >= 0.6 is 11.6 Å². The molecule has 0 saturated heterocycles. The van der Waals surface area contributed by atoms with Gasteiger partial charge >= 0.3 is 0 Å². The van der Waals surface area contributed by atoms with Crippen molar-refractivity contribution in [2.75, 3.05) is 0 Å². The number of rotatable bonds is 3. The van der Waals surface area contributed by atoms with Crippen molar-refractivity contribution in [2.45, 2.75) is 43.6 Å². The Labute approximate surface area is 95.8 Å². The molecule has 1 aliphatic carbocycles. The van der Waals surface area contributed by atoms with Gasteiger partial charge in [-0.2, -0.15) is 5.10 Å². The summed E-state index contributed by atoms with van der Waals surface area (Å²) in [7, 11) is 1.95. The fourth-order valence-corrected chi connectivity index (χ4v) is 2.33. The smallest absolute Gasteiger partial charge is 0.0534 e. The van der Waals surface area contributed by atoms with Gasteiger partial charge in [-0.05, 0) is 25.7 Å². The van der Waals surface area contributed by atoms with E-state index in [9.17, 15) is 0 Å². The number of aryl methyl sites for hydroxylation is 1. The summed E-state index contributed by atoms with van der Waals surface area (Å²) in [5.74, 6) is 0. The third kappa shape index (κ3) is 3.21. The average Bonchev–Trinajstić information content (AvgIpc) is 2.64. The first-order valence-electron chi connectivity index (χ1n) is 5.59. The van der Waals surface area contributed by atoms with E-state index in [4.69, 9.17) is 11.6 Å². The van der Waals surface area contributed by atoms with Crippen LogP contribution in [0.15, 0.2) is 12.4 Å². The molecule has 1 aliphatic rings. The van der Waals surface area contributed by atoms with E-state index in [-0.39, 0.29) is 0 Å².